The molecule has 0 saturated carbocycles. The summed E-state index contributed by atoms with van der Waals surface area (Å²) in [7, 11) is 0. The highest BCUT2D eigenvalue weighted by atomic mass is 15.2. The van der Waals surface area contributed by atoms with E-state index >= 15 is 0 Å². The normalized spacial score (nSPS) is 11.2. The summed E-state index contributed by atoms with van der Waals surface area (Å²) in [6.07, 6.45) is 6.87. The molecular formula is C17H21N5. The van der Waals surface area contributed by atoms with Gasteiger partial charge in [-0.15, -0.1) is 0 Å². The number of nitrogens with zero attached hydrogens (tertiary/aromatic N) is 3. The zero-order chi connectivity index (χ0) is 15.4. The first kappa shape index (κ1) is 14.7. The Kier molecular flexibility index (Phi) is 4.46. The minimum Gasteiger partial charge on any atom is -0.330 e. The molecule has 0 fully saturated rings. The highest BCUT2D eigenvalue weighted by Gasteiger charge is 2.09. The van der Waals surface area contributed by atoms with Crippen molar-refractivity contribution >= 4 is 5.65 Å². The first-order chi connectivity index (χ1) is 10.8. The maximum absolute atomic E-state index is 5.65. The van der Waals surface area contributed by atoms with Crippen molar-refractivity contribution < 1.29 is 0 Å². The molecule has 0 aliphatic rings. The molecule has 3 rings (SSSR count). The van der Waals surface area contributed by atoms with Gasteiger partial charge in [0.1, 0.15) is 0 Å². The van der Waals surface area contributed by atoms with Gasteiger partial charge in [0.05, 0.1) is 6.20 Å². The molecule has 1 aromatic carbocycles. The van der Waals surface area contributed by atoms with Crippen LogP contribution in [0.5, 0.6) is 0 Å². The number of aryl methyl sites for hydroxylation is 1. The summed E-state index contributed by atoms with van der Waals surface area (Å²) >= 11 is 0. The van der Waals surface area contributed by atoms with Crippen LogP contribution in [-0.2, 0) is 13.0 Å². The summed E-state index contributed by atoms with van der Waals surface area (Å²) in [5.41, 5.74) is 16.5. The van der Waals surface area contributed by atoms with E-state index in [0.29, 0.717) is 6.54 Å². The van der Waals surface area contributed by atoms with E-state index < -0.39 is 0 Å². The Balaban J connectivity index is 1.93. The fourth-order valence-electron chi connectivity index (χ4n) is 2.52. The van der Waals surface area contributed by atoms with Gasteiger partial charge in [-0.1, -0.05) is 24.3 Å². The molecule has 114 valence electrons. The molecule has 0 aliphatic heterocycles. The summed E-state index contributed by atoms with van der Waals surface area (Å²) in [6, 6.07) is 10.3. The summed E-state index contributed by atoms with van der Waals surface area (Å²) in [5.74, 6) is 0. The number of hydrogen-bond donors (Lipinski definition) is 2. The van der Waals surface area contributed by atoms with Gasteiger partial charge in [-0.05, 0) is 43.0 Å². The molecular weight excluding hydrogens is 274 g/mol. The number of aromatic nitrogens is 3. The second-order valence-electron chi connectivity index (χ2n) is 5.39. The highest BCUT2D eigenvalue weighted by Crippen LogP contribution is 2.24. The van der Waals surface area contributed by atoms with Gasteiger partial charge in [-0.3, -0.25) is 0 Å². The topological polar surface area (TPSA) is 82.2 Å². The second kappa shape index (κ2) is 6.68. The second-order valence-corrected chi connectivity index (χ2v) is 5.39. The van der Waals surface area contributed by atoms with Crippen molar-refractivity contribution in [3.8, 4) is 11.1 Å². The standard InChI is InChI=1S/C17H21N5/c18-9-2-1-3-15-8-10-22-17(21-15)16(12-20-22)14-6-4-13(11-19)5-7-14/h4-8,10,12H,1-3,9,11,18-19H2. The average Bonchev–Trinajstić information content (AvgIpc) is 2.98. The molecule has 0 saturated heterocycles. The predicted octanol–water partition coefficient (Wildman–Crippen LogP) is 2.14. The quantitative estimate of drug-likeness (QED) is 0.683. The summed E-state index contributed by atoms with van der Waals surface area (Å²) in [5, 5.41) is 4.38. The van der Waals surface area contributed by atoms with Crippen LogP contribution in [0.15, 0.2) is 42.7 Å². The Morgan fingerprint density at radius 2 is 1.82 bits per heavy atom. The van der Waals surface area contributed by atoms with Crippen molar-refractivity contribution in [1.82, 2.24) is 14.6 Å². The van der Waals surface area contributed by atoms with Crippen molar-refractivity contribution in [3.05, 3.63) is 54.0 Å². The lowest BCUT2D eigenvalue weighted by atomic mass is 10.1. The van der Waals surface area contributed by atoms with E-state index in [0.717, 1.165) is 53.8 Å². The van der Waals surface area contributed by atoms with Crippen molar-refractivity contribution in [2.45, 2.75) is 25.8 Å². The summed E-state index contributed by atoms with van der Waals surface area (Å²) < 4.78 is 1.82. The van der Waals surface area contributed by atoms with Crippen LogP contribution in [0.2, 0.25) is 0 Å². The Morgan fingerprint density at radius 3 is 2.55 bits per heavy atom. The van der Waals surface area contributed by atoms with Crippen LogP contribution in [0.4, 0.5) is 0 Å². The van der Waals surface area contributed by atoms with E-state index in [1.807, 2.05) is 35.1 Å². The third-order valence-corrected chi connectivity index (χ3v) is 3.81. The summed E-state index contributed by atoms with van der Waals surface area (Å²) in [6.45, 7) is 1.28. The molecule has 0 aliphatic carbocycles. The van der Waals surface area contributed by atoms with Gasteiger partial charge in [0.2, 0.25) is 0 Å². The number of fused-ring (bicyclic) bond motifs is 1. The molecule has 0 amide bonds. The number of benzene rings is 1. The SMILES string of the molecule is NCCCCc1ccn2ncc(-c3ccc(CN)cc3)c2n1. The lowest BCUT2D eigenvalue weighted by molar-refractivity contribution is 0.730. The first-order valence-corrected chi connectivity index (χ1v) is 7.64. The molecule has 2 aromatic heterocycles. The number of rotatable bonds is 6. The van der Waals surface area contributed by atoms with E-state index in [2.05, 4.69) is 17.2 Å². The molecule has 2 heterocycles. The molecule has 22 heavy (non-hydrogen) atoms. The van der Waals surface area contributed by atoms with Crippen LogP contribution in [0.3, 0.4) is 0 Å². The molecule has 0 spiro atoms. The molecule has 0 bridgehead atoms. The van der Waals surface area contributed by atoms with Gasteiger partial charge in [-0.2, -0.15) is 5.10 Å². The molecule has 4 N–H and O–H groups in total. The van der Waals surface area contributed by atoms with E-state index in [9.17, 15) is 0 Å². The number of hydrogen-bond acceptors (Lipinski definition) is 4. The van der Waals surface area contributed by atoms with Gasteiger partial charge in [0, 0.05) is 24.0 Å². The maximum Gasteiger partial charge on any atom is 0.163 e. The van der Waals surface area contributed by atoms with Crippen molar-refractivity contribution in [1.29, 1.82) is 0 Å². The molecule has 0 atom stereocenters. The van der Waals surface area contributed by atoms with E-state index in [4.69, 9.17) is 16.5 Å². The fraction of sp³-hybridized carbons (Fsp3) is 0.294. The van der Waals surface area contributed by atoms with E-state index in [1.165, 1.54) is 0 Å². The molecule has 3 aromatic rings. The monoisotopic (exact) mass is 295 g/mol. The number of unbranched alkanes of at least 4 members (excludes halogenated alkanes) is 1. The van der Waals surface area contributed by atoms with Crippen LogP contribution >= 0.6 is 0 Å². The average molecular weight is 295 g/mol. The minimum absolute atomic E-state index is 0.554. The molecule has 0 radical (unpaired) electrons. The summed E-state index contributed by atoms with van der Waals surface area (Å²) in [4.78, 5) is 4.76. The minimum atomic E-state index is 0.554. The fourth-order valence-corrected chi connectivity index (χ4v) is 2.52. The zero-order valence-corrected chi connectivity index (χ0v) is 12.6. The molecule has 5 nitrogen and oxygen atoms in total. The highest BCUT2D eigenvalue weighted by molar-refractivity contribution is 5.77. The largest absolute Gasteiger partial charge is 0.330 e. The maximum atomic E-state index is 5.65. The third-order valence-electron chi connectivity index (χ3n) is 3.81. The Bertz CT molecular complexity index is 745. The van der Waals surface area contributed by atoms with Gasteiger partial charge < -0.3 is 11.5 Å². The Hall–Kier alpha value is -2.24. The van der Waals surface area contributed by atoms with Crippen LogP contribution in [0.25, 0.3) is 16.8 Å². The van der Waals surface area contributed by atoms with Crippen molar-refractivity contribution in [2.24, 2.45) is 11.5 Å². The van der Waals surface area contributed by atoms with Crippen LogP contribution in [0.1, 0.15) is 24.1 Å². The first-order valence-electron chi connectivity index (χ1n) is 7.64. The number of nitrogens with two attached hydrogens (primary N) is 2. The Labute approximate surface area is 130 Å². The van der Waals surface area contributed by atoms with Crippen LogP contribution in [0, 0.1) is 0 Å². The smallest absolute Gasteiger partial charge is 0.163 e. The zero-order valence-electron chi connectivity index (χ0n) is 12.6. The predicted molar refractivity (Wildman–Crippen MR) is 88.3 cm³/mol. The Morgan fingerprint density at radius 1 is 1.00 bits per heavy atom. The molecule has 0 unspecified atom stereocenters. The van der Waals surface area contributed by atoms with Crippen LogP contribution in [-0.4, -0.2) is 21.1 Å². The van der Waals surface area contributed by atoms with Gasteiger partial charge in [0.15, 0.2) is 5.65 Å². The van der Waals surface area contributed by atoms with Crippen molar-refractivity contribution in [2.75, 3.05) is 6.54 Å². The van der Waals surface area contributed by atoms with Crippen molar-refractivity contribution in [3.63, 3.8) is 0 Å². The van der Waals surface area contributed by atoms with Gasteiger partial charge >= 0.3 is 0 Å². The van der Waals surface area contributed by atoms with E-state index in [-0.39, 0.29) is 0 Å². The lowest BCUT2D eigenvalue weighted by Gasteiger charge is -2.04. The third kappa shape index (κ3) is 3.00. The lowest BCUT2D eigenvalue weighted by Crippen LogP contribution is -2.01. The van der Waals surface area contributed by atoms with E-state index in [1.54, 1.807) is 0 Å². The van der Waals surface area contributed by atoms with Crippen LogP contribution < -0.4 is 11.5 Å². The van der Waals surface area contributed by atoms with Gasteiger partial charge in [-0.25, -0.2) is 9.50 Å². The molecule has 5 heteroatoms. The van der Waals surface area contributed by atoms with Gasteiger partial charge in [0.25, 0.3) is 0 Å².